The van der Waals surface area contributed by atoms with Crippen LogP contribution in [0.4, 0.5) is 24.5 Å². The maximum Gasteiger partial charge on any atom is 0.416 e. The zero-order valence-electron chi connectivity index (χ0n) is 27.4. The van der Waals surface area contributed by atoms with E-state index in [0.717, 1.165) is 43.2 Å². The van der Waals surface area contributed by atoms with Gasteiger partial charge in [-0.1, -0.05) is 60.7 Å². The van der Waals surface area contributed by atoms with Crippen LogP contribution in [0, 0.1) is 0 Å². The Kier molecular flexibility index (Phi) is 10.1. The highest BCUT2D eigenvalue weighted by Crippen LogP contribution is 2.32. The predicted molar refractivity (Wildman–Crippen MR) is 190 cm³/mol. The number of alkyl halides is 3. The Labute approximate surface area is 286 Å². The molecule has 1 saturated heterocycles. The lowest BCUT2D eigenvalue weighted by Crippen LogP contribution is -2.52. The van der Waals surface area contributed by atoms with Crippen molar-refractivity contribution >= 4 is 29.4 Å². The molecule has 0 spiro atoms. The van der Waals surface area contributed by atoms with Crippen molar-refractivity contribution in [3.8, 4) is 0 Å². The van der Waals surface area contributed by atoms with Crippen LogP contribution >= 0.6 is 0 Å². The van der Waals surface area contributed by atoms with Crippen molar-refractivity contribution in [1.82, 2.24) is 14.5 Å². The van der Waals surface area contributed by atoms with Crippen LogP contribution < -0.4 is 32.0 Å². The number of halogens is 3. The molecule has 1 aromatic heterocycles. The molecule has 0 radical (unpaired) electrons. The smallest absolute Gasteiger partial charge is 0.369 e. The average Bonchev–Trinajstić information content (AvgIpc) is 3.12. The SMILES string of the molecule is Cn1c(=O)c(=Cc2ccc(C(=O)Nc3ccc(CCN4CCN(c5cccc(C(F)(F)F)c5)CC4)cc3)cc2)[nH]c(=O)c1=Cc1ccccc1. The molecule has 5 aromatic rings. The number of carbonyl (C=O) groups excluding carboxylic acids is 1. The van der Waals surface area contributed by atoms with Crippen molar-refractivity contribution in [2.75, 3.05) is 42.9 Å². The van der Waals surface area contributed by atoms with Gasteiger partial charge < -0.3 is 19.8 Å². The lowest BCUT2D eigenvalue weighted by molar-refractivity contribution is -0.137. The Bertz CT molecular complexity index is 2200. The molecule has 1 fully saturated rings. The fourth-order valence-corrected chi connectivity index (χ4v) is 5.90. The van der Waals surface area contributed by atoms with E-state index in [0.29, 0.717) is 35.6 Å². The Hall–Kier alpha value is -5.68. The van der Waals surface area contributed by atoms with Crippen LogP contribution in [-0.4, -0.2) is 53.1 Å². The molecule has 4 aromatic carbocycles. The van der Waals surface area contributed by atoms with E-state index in [4.69, 9.17) is 0 Å². The first kappa shape index (κ1) is 34.2. The number of hydrogen-bond donors (Lipinski definition) is 2. The summed E-state index contributed by atoms with van der Waals surface area (Å²) in [4.78, 5) is 45.7. The monoisotopic (exact) mass is 679 g/mol. The molecule has 0 atom stereocenters. The maximum absolute atomic E-state index is 13.1. The van der Waals surface area contributed by atoms with Gasteiger partial charge in [0, 0.05) is 56.7 Å². The minimum absolute atomic E-state index is 0.136. The number of amides is 1. The summed E-state index contributed by atoms with van der Waals surface area (Å²) in [6, 6.07) is 29.1. The predicted octanol–water partition coefficient (Wildman–Crippen LogP) is 4.37. The van der Waals surface area contributed by atoms with Crippen molar-refractivity contribution < 1.29 is 18.0 Å². The van der Waals surface area contributed by atoms with Gasteiger partial charge in [-0.15, -0.1) is 0 Å². The van der Waals surface area contributed by atoms with E-state index in [9.17, 15) is 27.6 Å². The Balaban J connectivity index is 1.02. The molecule has 8 nitrogen and oxygen atoms in total. The highest BCUT2D eigenvalue weighted by molar-refractivity contribution is 6.04. The molecule has 0 saturated carbocycles. The highest BCUT2D eigenvalue weighted by Gasteiger charge is 2.31. The van der Waals surface area contributed by atoms with E-state index in [-0.39, 0.29) is 27.7 Å². The van der Waals surface area contributed by atoms with Gasteiger partial charge in [0.25, 0.3) is 17.0 Å². The van der Waals surface area contributed by atoms with Crippen LogP contribution in [-0.2, 0) is 19.6 Å². The topological polar surface area (TPSA) is 90.4 Å². The summed E-state index contributed by atoms with van der Waals surface area (Å²) < 4.78 is 40.7. The van der Waals surface area contributed by atoms with Gasteiger partial charge in [-0.2, -0.15) is 13.2 Å². The molecular weight excluding hydrogens is 643 g/mol. The van der Waals surface area contributed by atoms with Crippen LogP contribution in [0.1, 0.15) is 32.6 Å². The molecule has 1 amide bonds. The summed E-state index contributed by atoms with van der Waals surface area (Å²) >= 11 is 0. The quantitative estimate of drug-likeness (QED) is 0.255. The summed E-state index contributed by atoms with van der Waals surface area (Å²) in [7, 11) is 1.56. The van der Waals surface area contributed by atoms with E-state index < -0.39 is 11.7 Å². The van der Waals surface area contributed by atoms with Crippen LogP contribution in [0.15, 0.2) is 113 Å². The molecular formula is C39H36F3N5O3. The zero-order valence-corrected chi connectivity index (χ0v) is 27.4. The normalized spacial score (nSPS) is 14.6. The van der Waals surface area contributed by atoms with Gasteiger partial charge >= 0.3 is 6.18 Å². The number of aromatic nitrogens is 2. The third kappa shape index (κ3) is 8.30. The van der Waals surface area contributed by atoms with Gasteiger partial charge in [-0.3, -0.25) is 19.3 Å². The summed E-state index contributed by atoms with van der Waals surface area (Å²) in [5.41, 5.74) is 2.87. The summed E-state index contributed by atoms with van der Waals surface area (Å²) in [6.45, 7) is 3.65. The second-order valence-corrected chi connectivity index (χ2v) is 12.2. The minimum atomic E-state index is -4.36. The minimum Gasteiger partial charge on any atom is -0.369 e. The molecule has 1 aliphatic rings. The lowest BCUT2D eigenvalue weighted by Gasteiger charge is -2.36. The first-order chi connectivity index (χ1) is 24.0. The number of nitrogens with one attached hydrogen (secondary N) is 2. The number of rotatable bonds is 8. The Morgan fingerprint density at radius 2 is 1.50 bits per heavy atom. The van der Waals surface area contributed by atoms with Crippen molar-refractivity contribution in [2.45, 2.75) is 12.6 Å². The van der Waals surface area contributed by atoms with Gasteiger partial charge in [0.2, 0.25) is 0 Å². The molecule has 0 unspecified atom stereocenters. The van der Waals surface area contributed by atoms with E-state index in [2.05, 4.69) is 15.2 Å². The fraction of sp³-hybridized carbons (Fsp3) is 0.205. The van der Waals surface area contributed by atoms with Crippen molar-refractivity contribution in [2.24, 2.45) is 7.05 Å². The van der Waals surface area contributed by atoms with Gasteiger partial charge in [-0.25, -0.2) is 0 Å². The molecule has 0 aliphatic carbocycles. The van der Waals surface area contributed by atoms with E-state index >= 15 is 0 Å². The van der Waals surface area contributed by atoms with Crippen molar-refractivity contribution in [3.63, 3.8) is 0 Å². The first-order valence-corrected chi connectivity index (χ1v) is 16.3. The maximum atomic E-state index is 13.1. The first-order valence-electron chi connectivity index (χ1n) is 16.3. The second kappa shape index (κ2) is 14.8. The lowest BCUT2D eigenvalue weighted by atomic mass is 10.1. The van der Waals surface area contributed by atoms with Gasteiger partial charge in [0.15, 0.2) is 0 Å². The van der Waals surface area contributed by atoms with Crippen LogP contribution in [0.5, 0.6) is 0 Å². The second-order valence-electron chi connectivity index (χ2n) is 12.2. The van der Waals surface area contributed by atoms with E-state index in [1.54, 1.807) is 49.5 Å². The number of benzene rings is 4. The standard InChI is InChI=1S/C39H36F3N5O3/c1-45-35(25-28-6-3-2-4-7-28)37(49)44-34(38(45)50)24-29-10-14-30(15-11-29)36(48)43-32-16-12-27(13-17-32)18-19-46-20-22-47(23-21-46)33-9-5-8-31(26-33)39(40,41)42/h2-17,24-26H,18-23H2,1H3,(H,43,48)(H,44,49). The molecule has 2 heterocycles. The van der Waals surface area contributed by atoms with Crippen LogP contribution in [0.2, 0.25) is 0 Å². The molecule has 0 bridgehead atoms. The molecule has 2 N–H and O–H groups in total. The van der Waals surface area contributed by atoms with E-state index in [1.165, 1.54) is 16.7 Å². The molecule has 50 heavy (non-hydrogen) atoms. The number of anilines is 2. The Morgan fingerprint density at radius 3 is 2.18 bits per heavy atom. The number of H-pyrrole nitrogens is 1. The van der Waals surface area contributed by atoms with Crippen LogP contribution in [0.25, 0.3) is 12.2 Å². The third-order valence-electron chi connectivity index (χ3n) is 8.80. The highest BCUT2D eigenvalue weighted by atomic mass is 19.4. The zero-order chi connectivity index (χ0) is 35.3. The fourth-order valence-electron chi connectivity index (χ4n) is 5.90. The van der Waals surface area contributed by atoms with Gasteiger partial charge in [0.1, 0.15) is 10.7 Å². The third-order valence-corrected chi connectivity index (χ3v) is 8.80. The number of piperazine rings is 1. The van der Waals surface area contributed by atoms with Gasteiger partial charge in [-0.05, 0) is 77.7 Å². The largest absolute Gasteiger partial charge is 0.416 e. The molecule has 11 heteroatoms. The summed E-state index contributed by atoms with van der Waals surface area (Å²) in [5.74, 6) is -0.284. The van der Waals surface area contributed by atoms with Crippen molar-refractivity contribution in [1.29, 1.82) is 0 Å². The number of carbonyl (C=O) groups is 1. The number of nitrogens with zero attached hydrogens (tertiary/aromatic N) is 3. The van der Waals surface area contributed by atoms with Crippen molar-refractivity contribution in [3.05, 3.63) is 162 Å². The Morgan fingerprint density at radius 1 is 0.820 bits per heavy atom. The molecule has 1 aliphatic heterocycles. The van der Waals surface area contributed by atoms with Crippen LogP contribution in [0.3, 0.4) is 0 Å². The summed E-state index contributed by atoms with van der Waals surface area (Å²) in [5, 5.41) is 3.28. The number of hydrogen-bond acceptors (Lipinski definition) is 5. The molecule has 256 valence electrons. The number of aromatic amines is 1. The average molecular weight is 680 g/mol. The summed E-state index contributed by atoms with van der Waals surface area (Å²) in [6.07, 6.45) is -0.318. The van der Waals surface area contributed by atoms with Gasteiger partial charge in [0.05, 0.1) is 5.56 Å². The molecule has 6 rings (SSSR count). The van der Waals surface area contributed by atoms with E-state index in [1.807, 2.05) is 59.5 Å².